The van der Waals surface area contributed by atoms with Crippen LogP contribution in [0, 0.1) is 6.92 Å². The summed E-state index contributed by atoms with van der Waals surface area (Å²) in [6.45, 7) is 3.32. The van der Waals surface area contributed by atoms with Crippen LogP contribution in [0.25, 0.3) is 0 Å². The average molecular weight is 383 g/mol. The fourth-order valence-electron chi connectivity index (χ4n) is 3.63. The Balaban J connectivity index is 1.56. The number of amides is 3. The number of carbonyl (C=O) groups is 2. The first kappa shape index (κ1) is 18.0. The number of benzene rings is 1. The molecule has 0 saturated carbocycles. The minimum atomic E-state index is -0.589. The van der Waals surface area contributed by atoms with Gasteiger partial charge in [0.2, 0.25) is 11.9 Å². The Kier molecular flexibility index (Phi) is 4.29. The van der Waals surface area contributed by atoms with Gasteiger partial charge in [-0.25, -0.2) is 13.9 Å². The number of carbonyl (C=O) groups excluding carboxylic acids is 2. The van der Waals surface area contributed by atoms with Crippen molar-refractivity contribution in [2.45, 2.75) is 19.5 Å². The normalized spacial score (nSPS) is 18.1. The first-order valence-electron chi connectivity index (χ1n) is 9.05. The lowest BCUT2D eigenvalue weighted by Gasteiger charge is -2.30. The Bertz CT molecular complexity index is 996. The maximum absolute atomic E-state index is 12.6. The number of hydrogen-bond donors (Lipinski definition) is 1. The summed E-state index contributed by atoms with van der Waals surface area (Å²) in [7, 11) is 4.78. The summed E-state index contributed by atoms with van der Waals surface area (Å²) in [5, 5.41) is 3.37. The van der Waals surface area contributed by atoms with Crippen molar-refractivity contribution in [2.75, 3.05) is 33.1 Å². The largest absolute Gasteiger partial charge is 0.497 e. The van der Waals surface area contributed by atoms with Gasteiger partial charge in [-0.1, -0.05) is 11.1 Å². The van der Waals surface area contributed by atoms with E-state index in [9.17, 15) is 9.59 Å². The minimum absolute atomic E-state index is 0.266. The number of hydrogen-bond acceptors (Lipinski definition) is 5. The molecule has 9 nitrogen and oxygen atoms in total. The molecule has 1 aromatic carbocycles. The first-order chi connectivity index (χ1) is 13.4. The smallest absolute Gasteiger partial charge is 0.401 e. The van der Waals surface area contributed by atoms with E-state index < -0.39 is 6.04 Å². The van der Waals surface area contributed by atoms with Gasteiger partial charge in [0.15, 0.2) is 0 Å². The second-order valence-electron chi connectivity index (χ2n) is 6.90. The molecule has 9 heteroatoms. The number of nitrogens with one attached hydrogen (secondary N) is 1. The molecule has 1 unspecified atom stereocenters. The van der Waals surface area contributed by atoms with Gasteiger partial charge < -0.3 is 10.1 Å². The number of rotatable bonds is 5. The Labute approximate surface area is 162 Å². The molecule has 1 N–H and O–H groups in total. The molecule has 3 amide bonds. The fourth-order valence-corrected chi connectivity index (χ4v) is 3.63. The number of amidine groups is 1. The van der Waals surface area contributed by atoms with Crippen LogP contribution in [0.15, 0.2) is 35.5 Å². The van der Waals surface area contributed by atoms with E-state index in [0.29, 0.717) is 24.9 Å². The maximum atomic E-state index is 12.6. The fraction of sp³-hybridized carbons (Fsp3) is 0.368. The van der Waals surface area contributed by atoms with Crippen LogP contribution in [0.2, 0.25) is 0 Å². The van der Waals surface area contributed by atoms with Crippen molar-refractivity contribution in [1.29, 1.82) is 0 Å². The van der Waals surface area contributed by atoms with Crippen molar-refractivity contribution < 1.29 is 18.9 Å². The number of imidazole rings is 1. The van der Waals surface area contributed by atoms with Gasteiger partial charge in [0.05, 0.1) is 13.7 Å². The van der Waals surface area contributed by atoms with E-state index in [1.807, 2.05) is 46.5 Å². The van der Waals surface area contributed by atoms with E-state index in [2.05, 4.69) is 10.3 Å². The highest BCUT2D eigenvalue weighted by Crippen LogP contribution is 2.28. The lowest BCUT2D eigenvalue weighted by Crippen LogP contribution is -2.61. The van der Waals surface area contributed by atoms with Gasteiger partial charge >= 0.3 is 12.0 Å². The van der Waals surface area contributed by atoms with Crippen molar-refractivity contribution in [3.8, 4) is 5.75 Å². The molecule has 0 radical (unpaired) electrons. The predicted molar refractivity (Wildman–Crippen MR) is 103 cm³/mol. The van der Waals surface area contributed by atoms with E-state index in [-0.39, 0.29) is 11.9 Å². The van der Waals surface area contributed by atoms with E-state index in [1.54, 1.807) is 14.2 Å². The van der Waals surface area contributed by atoms with Crippen molar-refractivity contribution in [2.24, 2.45) is 4.99 Å². The van der Waals surface area contributed by atoms with Crippen LogP contribution in [-0.4, -0.2) is 59.9 Å². The lowest BCUT2D eigenvalue weighted by atomic mass is 10.2. The van der Waals surface area contributed by atoms with Crippen LogP contribution in [0.5, 0.6) is 5.75 Å². The average Bonchev–Trinajstić information content (AvgIpc) is 3.20. The first-order valence-corrected chi connectivity index (χ1v) is 9.05. The Morgan fingerprint density at radius 2 is 2.04 bits per heavy atom. The molecule has 0 spiro atoms. The summed E-state index contributed by atoms with van der Waals surface area (Å²) in [4.78, 5) is 32.0. The second kappa shape index (κ2) is 6.66. The summed E-state index contributed by atoms with van der Waals surface area (Å²) >= 11 is 0. The van der Waals surface area contributed by atoms with Crippen LogP contribution in [-0.2, 0) is 11.3 Å². The van der Waals surface area contributed by atoms with E-state index in [0.717, 1.165) is 22.0 Å². The molecular formula is C19H23N6O3+. The molecular weight excluding hydrogens is 360 g/mol. The minimum Gasteiger partial charge on any atom is -0.497 e. The van der Waals surface area contributed by atoms with Crippen molar-refractivity contribution in [1.82, 2.24) is 14.4 Å². The number of likely N-dealkylation sites (N-methyl/N-ethyl adjacent to an activating group) is 2. The molecule has 1 aromatic heterocycles. The zero-order valence-corrected chi connectivity index (χ0v) is 16.3. The molecule has 146 valence electrons. The van der Waals surface area contributed by atoms with Gasteiger partial charge in [-0.05, 0) is 19.1 Å². The maximum Gasteiger partial charge on any atom is 0.401 e. The Hall–Kier alpha value is -3.36. The molecule has 0 aliphatic carbocycles. The molecule has 4 rings (SSSR count). The Morgan fingerprint density at radius 1 is 1.25 bits per heavy atom. The molecule has 0 bridgehead atoms. The number of fused-ring (bicyclic) bond motifs is 3. The zero-order chi connectivity index (χ0) is 20.0. The highest BCUT2D eigenvalue weighted by molar-refractivity contribution is 6.18. The number of ether oxygens (including phenoxy) is 1. The number of anilines is 1. The monoisotopic (exact) mass is 383 g/mol. The highest BCUT2D eigenvalue weighted by Gasteiger charge is 2.52. The molecule has 1 fully saturated rings. The van der Waals surface area contributed by atoms with Crippen LogP contribution < -0.4 is 14.6 Å². The summed E-state index contributed by atoms with van der Waals surface area (Å²) < 4.78 is 9.13. The third kappa shape index (κ3) is 2.70. The molecule has 28 heavy (non-hydrogen) atoms. The van der Waals surface area contributed by atoms with Crippen LogP contribution in [0.1, 0.15) is 11.7 Å². The Morgan fingerprint density at radius 3 is 2.79 bits per heavy atom. The van der Waals surface area contributed by atoms with Crippen LogP contribution in [0.4, 0.5) is 16.4 Å². The number of methoxy groups -OCH3 is 1. The number of aromatic nitrogens is 2. The van der Waals surface area contributed by atoms with Gasteiger partial charge in [0.1, 0.15) is 17.6 Å². The van der Waals surface area contributed by atoms with E-state index in [4.69, 9.17) is 4.74 Å². The van der Waals surface area contributed by atoms with Gasteiger partial charge in [-0.2, -0.15) is 0 Å². The van der Waals surface area contributed by atoms with E-state index in [1.165, 1.54) is 11.9 Å². The molecule has 1 atom stereocenters. The molecule has 2 aliphatic heterocycles. The van der Waals surface area contributed by atoms with Gasteiger partial charge in [-0.15, -0.1) is 0 Å². The third-order valence-corrected chi connectivity index (χ3v) is 5.18. The molecule has 2 aromatic rings. The van der Waals surface area contributed by atoms with E-state index >= 15 is 0 Å². The molecule has 3 heterocycles. The number of urea groups is 1. The summed E-state index contributed by atoms with van der Waals surface area (Å²) in [6.07, 6.45) is 1.91. The lowest BCUT2D eigenvalue weighted by molar-refractivity contribution is -0.677. The molecule has 1 saturated heterocycles. The summed E-state index contributed by atoms with van der Waals surface area (Å²) in [6, 6.07) is 6.79. The van der Waals surface area contributed by atoms with Crippen LogP contribution >= 0.6 is 0 Å². The number of nitrogens with zero attached hydrogens (tertiary/aromatic N) is 5. The SMILES string of the molecule is COc1cccc(NCCn2c(C)c[n+]3c2N=C2C3C(=O)N(C)C(=O)N2C)c1. The topological polar surface area (TPSA) is 83.0 Å². The second-order valence-corrected chi connectivity index (χ2v) is 6.90. The summed E-state index contributed by atoms with van der Waals surface area (Å²) in [5.74, 6) is 1.67. The third-order valence-electron chi connectivity index (χ3n) is 5.18. The number of imide groups is 1. The van der Waals surface area contributed by atoms with Crippen LogP contribution in [0.3, 0.4) is 0 Å². The van der Waals surface area contributed by atoms with Gasteiger partial charge in [0, 0.05) is 32.4 Å². The van der Waals surface area contributed by atoms with Gasteiger partial charge in [-0.3, -0.25) is 14.6 Å². The predicted octanol–water partition coefficient (Wildman–Crippen LogP) is 1.31. The quantitative estimate of drug-likeness (QED) is 0.790. The van der Waals surface area contributed by atoms with Crippen molar-refractivity contribution >= 4 is 29.4 Å². The van der Waals surface area contributed by atoms with Gasteiger partial charge in [0.25, 0.3) is 5.91 Å². The standard InChI is InChI=1S/C19H23N6O3/c1-12-11-25-15-16(22(2)19(27)23(3)17(15)26)21-18(25)24(12)9-8-20-13-6-5-7-14(10-13)28-4/h5-7,10-11,15,20H,8-9H2,1-4H3/q+1. The highest BCUT2D eigenvalue weighted by atomic mass is 16.5. The number of aryl methyl sites for hydroxylation is 1. The summed E-state index contributed by atoms with van der Waals surface area (Å²) in [5.41, 5.74) is 1.97. The van der Waals surface area contributed by atoms with Crippen molar-refractivity contribution in [3.05, 3.63) is 36.2 Å². The molecule has 2 aliphatic rings. The number of aliphatic imine (C=N–C) groups is 1. The zero-order valence-electron chi connectivity index (χ0n) is 16.3. The van der Waals surface area contributed by atoms with Crippen molar-refractivity contribution in [3.63, 3.8) is 0 Å².